The molecule has 2 heteroatoms. The second kappa shape index (κ2) is 6.66. The third kappa shape index (κ3) is 3.95. The van der Waals surface area contributed by atoms with Gasteiger partial charge in [-0.3, -0.25) is 0 Å². The summed E-state index contributed by atoms with van der Waals surface area (Å²) in [6, 6.07) is 8.50. The molecule has 0 aliphatic carbocycles. The number of ether oxygens (including phenoxy) is 1. The van der Waals surface area contributed by atoms with Crippen LogP contribution in [0.15, 0.2) is 24.3 Å². The molecular weight excluding hydrogens is 200 g/mol. The van der Waals surface area contributed by atoms with Gasteiger partial charge >= 0.3 is 0 Å². The Hall–Kier alpha value is -0.860. The highest BCUT2D eigenvalue weighted by molar-refractivity contribution is 5.25. The van der Waals surface area contributed by atoms with Crippen LogP contribution in [0.2, 0.25) is 0 Å². The topological polar surface area (TPSA) is 29.5 Å². The number of rotatable bonds is 6. The standard InChI is InChI=1S/C14H22O2/c1-11(10-15)14-8-6-13(7-9-14)5-4-12(2)16-3/h6-9,11-12,15H,4-5,10H2,1-3H3. The van der Waals surface area contributed by atoms with Crippen LogP contribution in [-0.2, 0) is 11.2 Å². The molecule has 0 radical (unpaired) electrons. The van der Waals surface area contributed by atoms with E-state index in [-0.39, 0.29) is 12.5 Å². The van der Waals surface area contributed by atoms with E-state index in [9.17, 15) is 0 Å². The number of aryl methyl sites for hydroxylation is 1. The van der Waals surface area contributed by atoms with Crippen LogP contribution in [0.5, 0.6) is 0 Å². The van der Waals surface area contributed by atoms with Gasteiger partial charge in [-0.2, -0.15) is 0 Å². The molecule has 0 amide bonds. The van der Waals surface area contributed by atoms with Gasteiger partial charge in [0.15, 0.2) is 0 Å². The molecule has 0 saturated heterocycles. The highest BCUT2D eigenvalue weighted by Gasteiger charge is 2.04. The quantitative estimate of drug-likeness (QED) is 0.802. The van der Waals surface area contributed by atoms with Crippen LogP contribution in [0.1, 0.15) is 37.3 Å². The summed E-state index contributed by atoms with van der Waals surface area (Å²) in [5.41, 5.74) is 2.53. The minimum absolute atomic E-state index is 0.208. The van der Waals surface area contributed by atoms with Crippen molar-refractivity contribution in [3.05, 3.63) is 35.4 Å². The molecule has 0 heterocycles. The van der Waals surface area contributed by atoms with Gasteiger partial charge in [-0.15, -0.1) is 0 Å². The van der Waals surface area contributed by atoms with Gasteiger partial charge in [0.2, 0.25) is 0 Å². The largest absolute Gasteiger partial charge is 0.396 e. The lowest BCUT2D eigenvalue weighted by Crippen LogP contribution is -2.06. The first-order chi connectivity index (χ1) is 7.67. The molecule has 0 saturated carbocycles. The lowest BCUT2D eigenvalue weighted by Gasteiger charge is -2.11. The molecule has 1 rings (SSSR count). The summed E-state index contributed by atoms with van der Waals surface area (Å²) in [5, 5.41) is 9.05. The molecule has 1 aromatic carbocycles. The molecule has 0 bridgehead atoms. The van der Waals surface area contributed by atoms with Crippen molar-refractivity contribution in [2.45, 2.75) is 38.7 Å². The molecule has 0 fully saturated rings. The molecule has 1 N–H and O–H groups in total. The Bertz CT molecular complexity index is 292. The van der Waals surface area contributed by atoms with Crippen LogP contribution in [0.3, 0.4) is 0 Å². The molecule has 1 aromatic rings. The van der Waals surface area contributed by atoms with E-state index in [0.29, 0.717) is 6.10 Å². The zero-order chi connectivity index (χ0) is 12.0. The Labute approximate surface area is 98.3 Å². The van der Waals surface area contributed by atoms with E-state index >= 15 is 0 Å². The lowest BCUT2D eigenvalue weighted by atomic mass is 9.99. The third-order valence-corrected chi connectivity index (χ3v) is 3.06. The van der Waals surface area contributed by atoms with Crippen LogP contribution in [-0.4, -0.2) is 24.9 Å². The summed E-state index contributed by atoms with van der Waals surface area (Å²) >= 11 is 0. The minimum atomic E-state index is 0.208. The first-order valence-electron chi connectivity index (χ1n) is 5.89. The second-order valence-electron chi connectivity index (χ2n) is 4.41. The Morgan fingerprint density at radius 3 is 2.31 bits per heavy atom. The average molecular weight is 222 g/mol. The fourth-order valence-corrected chi connectivity index (χ4v) is 1.61. The summed E-state index contributed by atoms with van der Waals surface area (Å²) in [4.78, 5) is 0. The number of aliphatic hydroxyl groups is 1. The monoisotopic (exact) mass is 222 g/mol. The Balaban J connectivity index is 2.51. The summed E-state index contributed by atoms with van der Waals surface area (Å²) in [6.45, 7) is 4.32. The minimum Gasteiger partial charge on any atom is -0.396 e. The number of hydrogen-bond acceptors (Lipinski definition) is 2. The number of benzene rings is 1. The van der Waals surface area contributed by atoms with Crippen molar-refractivity contribution in [1.29, 1.82) is 0 Å². The van der Waals surface area contributed by atoms with Gasteiger partial charge in [0.05, 0.1) is 6.10 Å². The van der Waals surface area contributed by atoms with Crippen LogP contribution in [0.25, 0.3) is 0 Å². The zero-order valence-electron chi connectivity index (χ0n) is 10.4. The maximum Gasteiger partial charge on any atom is 0.0546 e. The Morgan fingerprint density at radius 1 is 1.19 bits per heavy atom. The average Bonchev–Trinajstić information content (AvgIpc) is 2.35. The zero-order valence-corrected chi connectivity index (χ0v) is 10.4. The SMILES string of the molecule is COC(C)CCc1ccc(C(C)CO)cc1. The van der Waals surface area contributed by atoms with Gasteiger partial charge in [-0.25, -0.2) is 0 Å². The predicted molar refractivity (Wildman–Crippen MR) is 66.7 cm³/mol. The first kappa shape index (κ1) is 13.2. The van der Waals surface area contributed by atoms with Gasteiger partial charge in [-0.05, 0) is 30.9 Å². The van der Waals surface area contributed by atoms with Crippen molar-refractivity contribution in [1.82, 2.24) is 0 Å². The number of aliphatic hydroxyl groups excluding tert-OH is 1. The fourth-order valence-electron chi connectivity index (χ4n) is 1.61. The van der Waals surface area contributed by atoms with Gasteiger partial charge in [0.25, 0.3) is 0 Å². The highest BCUT2D eigenvalue weighted by atomic mass is 16.5. The van der Waals surface area contributed by atoms with Gasteiger partial charge in [0, 0.05) is 19.6 Å². The van der Waals surface area contributed by atoms with Crippen molar-refractivity contribution in [3.8, 4) is 0 Å². The summed E-state index contributed by atoms with van der Waals surface area (Å²) in [5.74, 6) is 0.229. The molecule has 2 unspecified atom stereocenters. The Morgan fingerprint density at radius 2 is 1.81 bits per heavy atom. The van der Waals surface area contributed by atoms with Crippen molar-refractivity contribution in [2.24, 2.45) is 0 Å². The number of methoxy groups -OCH3 is 1. The Kier molecular flexibility index (Phi) is 5.50. The molecular formula is C14H22O2. The molecule has 90 valence electrons. The molecule has 16 heavy (non-hydrogen) atoms. The van der Waals surface area contributed by atoms with Crippen LogP contribution in [0, 0.1) is 0 Å². The molecule has 0 aliphatic rings. The van der Waals surface area contributed by atoms with Crippen molar-refractivity contribution in [3.63, 3.8) is 0 Å². The second-order valence-corrected chi connectivity index (χ2v) is 4.41. The summed E-state index contributed by atoms with van der Waals surface area (Å²) < 4.78 is 5.22. The van der Waals surface area contributed by atoms with E-state index in [1.165, 1.54) is 11.1 Å². The van der Waals surface area contributed by atoms with E-state index in [0.717, 1.165) is 12.8 Å². The molecule has 0 aliphatic heterocycles. The van der Waals surface area contributed by atoms with E-state index in [2.05, 4.69) is 31.2 Å². The van der Waals surface area contributed by atoms with E-state index < -0.39 is 0 Å². The lowest BCUT2D eigenvalue weighted by molar-refractivity contribution is 0.111. The molecule has 0 spiro atoms. The van der Waals surface area contributed by atoms with Gasteiger partial charge in [-0.1, -0.05) is 31.2 Å². The van der Waals surface area contributed by atoms with Crippen LogP contribution >= 0.6 is 0 Å². The van der Waals surface area contributed by atoms with Crippen molar-refractivity contribution in [2.75, 3.05) is 13.7 Å². The smallest absolute Gasteiger partial charge is 0.0546 e. The fraction of sp³-hybridized carbons (Fsp3) is 0.571. The normalized spacial score (nSPS) is 14.8. The highest BCUT2D eigenvalue weighted by Crippen LogP contribution is 2.16. The van der Waals surface area contributed by atoms with Gasteiger partial charge in [0.1, 0.15) is 0 Å². The van der Waals surface area contributed by atoms with Crippen LogP contribution < -0.4 is 0 Å². The number of hydrogen-bond donors (Lipinski definition) is 1. The first-order valence-corrected chi connectivity index (χ1v) is 5.89. The third-order valence-electron chi connectivity index (χ3n) is 3.06. The summed E-state index contributed by atoms with van der Waals surface area (Å²) in [6.07, 6.45) is 2.41. The van der Waals surface area contributed by atoms with E-state index in [1.807, 2.05) is 6.92 Å². The molecule has 2 nitrogen and oxygen atoms in total. The summed E-state index contributed by atoms with van der Waals surface area (Å²) in [7, 11) is 1.75. The van der Waals surface area contributed by atoms with Crippen molar-refractivity contribution >= 4 is 0 Å². The maximum atomic E-state index is 9.05. The maximum absolute atomic E-state index is 9.05. The predicted octanol–water partition coefficient (Wildman–Crippen LogP) is 2.75. The molecule has 2 atom stereocenters. The van der Waals surface area contributed by atoms with E-state index in [4.69, 9.17) is 9.84 Å². The van der Waals surface area contributed by atoms with Crippen molar-refractivity contribution < 1.29 is 9.84 Å². The molecule has 0 aromatic heterocycles. The van der Waals surface area contributed by atoms with Crippen LogP contribution in [0.4, 0.5) is 0 Å². The van der Waals surface area contributed by atoms with Gasteiger partial charge < -0.3 is 9.84 Å². The van der Waals surface area contributed by atoms with E-state index in [1.54, 1.807) is 7.11 Å².